The molecule has 0 aliphatic carbocycles. The van der Waals surface area contributed by atoms with Gasteiger partial charge in [-0.05, 0) is 48.4 Å². The molecule has 4 nitrogen and oxygen atoms in total. The zero-order chi connectivity index (χ0) is 20.1. The van der Waals surface area contributed by atoms with Gasteiger partial charge in [0, 0.05) is 28.1 Å². The van der Waals surface area contributed by atoms with E-state index in [1.165, 1.54) is 16.7 Å². The minimum Gasteiger partial charge on any atom is -0.326 e. The number of carbonyl (C=O) groups is 2. The maximum atomic E-state index is 12.6. The third kappa shape index (κ3) is 5.44. The number of amides is 2. The molecule has 3 rings (SSSR count). The molecular formula is C20H16BrClN2O2S2. The minimum atomic E-state index is -0.150. The Bertz CT molecular complexity index is 947. The molecule has 1 fully saturated rings. The average molecular weight is 496 g/mol. The zero-order valence-corrected chi connectivity index (χ0v) is 18.6. The highest BCUT2D eigenvalue weighted by atomic mass is 79.9. The van der Waals surface area contributed by atoms with E-state index in [1.807, 2.05) is 42.5 Å². The van der Waals surface area contributed by atoms with Gasteiger partial charge in [0.1, 0.15) is 4.32 Å². The molecule has 28 heavy (non-hydrogen) atoms. The van der Waals surface area contributed by atoms with Gasteiger partial charge in [0.2, 0.25) is 5.91 Å². The summed E-state index contributed by atoms with van der Waals surface area (Å²) in [5.41, 5.74) is 1.51. The van der Waals surface area contributed by atoms with Crippen molar-refractivity contribution in [2.75, 3.05) is 11.9 Å². The predicted molar refractivity (Wildman–Crippen MR) is 123 cm³/mol. The van der Waals surface area contributed by atoms with E-state index in [2.05, 4.69) is 21.2 Å². The Morgan fingerprint density at radius 3 is 2.64 bits per heavy atom. The molecule has 1 saturated heterocycles. The number of hydrogen-bond acceptors (Lipinski definition) is 4. The summed E-state index contributed by atoms with van der Waals surface area (Å²) in [6.45, 7) is 0.401. The van der Waals surface area contributed by atoms with Crippen molar-refractivity contribution in [3.05, 3.63) is 68.5 Å². The van der Waals surface area contributed by atoms with Crippen LogP contribution < -0.4 is 5.32 Å². The van der Waals surface area contributed by atoms with Crippen molar-refractivity contribution in [1.82, 2.24) is 4.90 Å². The summed E-state index contributed by atoms with van der Waals surface area (Å²) in [4.78, 5) is 26.8. The molecule has 1 heterocycles. The van der Waals surface area contributed by atoms with Gasteiger partial charge in [-0.1, -0.05) is 69.7 Å². The van der Waals surface area contributed by atoms with E-state index < -0.39 is 0 Å². The fourth-order valence-electron chi connectivity index (χ4n) is 2.58. The van der Waals surface area contributed by atoms with Crippen molar-refractivity contribution in [2.24, 2.45) is 0 Å². The Labute approximate surface area is 186 Å². The minimum absolute atomic E-state index is 0.0978. The van der Waals surface area contributed by atoms with Gasteiger partial charge in [0.05, 0.1) is 4.91 Å². The lowest BCUT2D eigenvalue weighted by molar-refractivity contribution is -0.122. The average Bonchev–Trinajstić information content (AvgIpc) is 2.93. The molecule has 1 N–H and O–H groups in total. The van der Waals surface area contributed by atoms with Crippen LogP contribution in [0.3, 0.4) is 0 Å². The van der Waals surface area contributed by atoms with E-state index in [4.69, 9.17) is 23.8 Å². The van der Waals surface area contributed by atoms with Crippen molar-refractivity contribution in [2.45, 2.75) is 12.8 Å². The molecule has 0 bridgehead atoms. The molecule has 2 aromatic carbocycles. The number of halogens is 2. The number of carbonyl (C=O) groups excluding carboxylic acids is 2. The van der Waals surface area contributed by atoms with Gasteiger partial charge >= 0.3 is 0 Å². The smallest absolute Gasteiger partial charge is 0.266 e. The third-order valence-electron chi connectivity index (χ3n) is 3.98. The second-order valence-corrected chi connectivity index (χ2v) is 9.01. The summed E-state index contributed by atoms with van der Waals surface area (Å²) in [5.74, 6) is -0.248. The summed E-state index contributed by atoms with van der Waals surface area (Å²) in [6, 6.07) is 14.7. The Morgan fingerprint density at radius 1 is 1.21 bits per heavy atom. The predicted octanol–water partition coefficient (Wildman–Crippen LogP) is 5.72. The molecule has 0 radical (unpaired) electrons. The van der Waals surface area contributed by atoms with Crippen LogP contribution in [-0.2, 0) is 9.59 Å². The monoisotopic (exact) mass is 494 g/mol. The van der Waals surface area contributed by atoms with Crippen molar-refractivity contribution in [3.8, 4) is 0 Å². The summed E-state index contributed by atoms with van der Waals surface area (Å²) >= 11 is 16.1. The lowest BCUT2D eigenvalue weighted by Crippen LogP contribution is -2.29. The largest absolute Gasteiger partial charge is 0.326 e. The quantitative estimate of drug-likeness (QED) is 0.411. The maximum absolute atomic E-state index is 12.6. The van der Waals surface area contributed by atoms with E-state index in [9.17, 15) is 9.59 Å². The highest BCUT2D eigenvalue weighted by Crippen LogP contribution is 2.33. The Hall–Kier alpha value is -1.67. The number of nitrogens with one attached hydrogen (secondary N) is 1. The molecule has 0 aromatic heterocycles. The SMILES string of the molecule is O=C(CCCN1C(=O)/C(=C\c2ccccc2Cl)SC1=S)Nc1ccc(Br)cc1. The van der Waals surface area contributed by atoms with Crippen molar-refractivity contribution in [3.63, 3.8) is 0 Å². The maximum Gasteiger partial charge on any atom is 0.266 e. The van der Waals surface area contributed by atoms with Gasteiger partial charge in [-0.25, -0.2) is 0 Å². The van der Waals surface area contributed by atoms with Crippen LogP contribution in [-0.4, -0.2) is 27.6 Å². The third-order valence-corrected chi connectivity index (χ3v) is 6.23. The number of nitrogens with zero attached hydrogens (tertiary/aromatic N) is 1. The summed E-state index contributed by atoms with van der Waals surface area (Å²) in [6.07, 6.45) is 2.58. The van der Waals surface area contributed by atoms with E-state index in [1.54, 1.807) is 12.1 Å². The molecule has 1 aliphatic rings. The first-order chi connectivity index (χ1) is 13.4. The van der Waals surface area contributed by atoms with Crippen LogP contribution in [0.15, 0.2) is 57.9 Å². The standard InChI is InChI=1S/C20H16BrClN2O2S2/c21-14-7-9-15(10-8-14)23-18(25)6-3-11-24-19(26)17(28-20(24)27)12-13-4-1-2-5-16(13)22/h1-2,4-5,7-10,12H,3,6,11H2,(H,23,25)/b17-12+. The summed E-state index contributed by atoms with van der Waals surface area (Å²) < 4.78 is 1.45. The highest BCUT2D eigenvalue weighted by molar-refractivity contribution is 9.10. The lowest BCUT2D eigenvalue weighted by atomic mass is 10.2. The van der Waals surface area contributed by atoms with E-state index in [0.29, 0.717) is 33.6 Å². The lowest BCUT2D eigenvalue weighted by Gasteiger charge is -2.14. The number of benzene rings is 2. The van der Waals surface area contributed by atoms with Crippen LogP contribution in [0.25, 0.3) is 6.08 Å². The van der Waals surface area contributed by atoms with Crippen LogP contribution in [0.1, 0.15) is 18.4 Å². The first kappa shape index (κ1) is 21.0. The molecular weight excluding hydrogens is 480 g/mol. The Kier molecular flexibility index (Phi) is 7.29. The molecule has 0 spiro atoms. The van der Waals surface area contributed by atoms with E-state index in [-0.39, 0.29) is 11.8 Å². The Balaban J connectivity index is 1.54. The fraction of sp³-hybridized carbons (Fsp3) is 0.150. The summed E-state index contributed by atoms with van der Waals surface area (Å²) in [5, 5.41) is 3.42. The van der Waals surface area contributed by atoms with Crippen LogP contribution in [0.5, 0.6) is 0 Å². The highest BCUT2D eigenvalue weighted by Gasteiger charge is 2.31. The molecule has 0 atom stereocenters. The molecule has 2 aromatic rings. The fourth-order valence-corrected chi connectivity index (χ4v) is 4.33. The molecule has 0 unspecified atom stereocenters. The molecule has 8 heteroatoms. The van der Waals surface area contributed by atoms with Gasteiger partial charge in [0.25, 0.3) is 5.91 Å². The van der Waals surface area contributed by atoms with Crippen molar-refractivity contribution < 1.29 is 9.59 Å². The topological polar surface area (TPSA) is 49.4 Å². The first-order valence-electron chi connectivity index (χ1n) is 8.49. The van der Waals surface area contributed by atoms with Gasteiger partial charge < -0.3 is 5.32 Å². The summed E-state index contributed by atoms with van der Waals surface area (Å²) in [7, 11) is 0. The van der Waals surface area contributed by atoms with Crippen LogP contribution in [0.2, 0.25) is 5.02 Å². The van der Waals surface area contributed by atoms with E-state index in [0.717, 1.165) is 15.7 Å². The number of thiocarbonyl (C=S) groups is 1. The van der Waals surface area contributed by atoms with Crippen LogP contribution in [0.4, 0.5) is 5.69 Å². The van der Waals surface area contributed by atoms with Gasteiger partial charge in [0.15, 0.2) is 0 Å². The first-order valence-corrected chi connectivity index (χ1v) is 10.9. The number of hydrogen-bond donors (Lipinski definition) is 1. The number of rotatable bonds is 6. The zero-order valence-electron chi connectivity index (χ0n) is 14.7. The van der Waals surface area contributed by atoms with E-state index >= 15 is 0 Å². The molecule has 1 aliphatic heterocycles. The molecule has 144 valence electrons. The Morgan fingerprint density at radius 2 is 1.93 bits per heavy atom. The van der Waals surface area contributed by atoms with Crippen LogP contribution in [0, 0.1) is 0 Å². The second-order valence-electron chi connectivity index (χ2n) is 6.01. The van der Waals surface area contributed by atoms with Crippen molar-refractivity contribution >= 4 is 79.4 Å². The second kappa shape index (κ2) is 9.69. The van der Waals surface area contributed by atoms with Gasteiger partial charge in [-0.2, -0.15) is 0 Å². The number of anilines is 1. The molecule has 2 amide bonds. The molecule has 0 saturated carbocycles. The normalized spacial score (nSPS) is 15.4. The van der Waals surface area contributed by atoms with Gasteiger partial charge in [-0.3, -0.25) is 14.5 Å². The number of thioether (sulfide) groups is 1. The van der Waals surface area contributed by atoms with Crippen LogP contribution >= 0.6 is 51.5 Å². The van der Waals surface area contributed by atoms with Crippen molar-refractivity contribution in [1.29, 1.82) is 0 Å². The van der Waals surface area contributed by atoms with Gasteiger partial charge in [-0.15, -0.1) is 0 Å².